The molecule has 1 atom stereocenters. The molecule has 1 aromatic heterocycles. The summed E-state index contributed by atoms with van der Waals surface area (Å²) in [5.41, 5.74) is 2.10. The third-order valence-corrected chi connectivity index (χ3v) is 3.02. The first-order valence-electron chi connectivity index (χ1n) is 5.96. The summed E-state index contributed by atoms with van der Waals surface area (Å²) < 4.78 is 2.06. The molecule has 3 heteroatoms. The van der Waals surface area contributed by atoms with Gasteiger partial charge in [0, 0.05) is 12.2 Å². The van der Waals surface area contributed by atoms with E-state index in [1.54, 1.807) is 6.33 Å². The zero-order chi connectivity index (χ0) is 12.1. The maximum atomic E-state index is 8.96. The lowest BCUT2D eigenvalue weighted by Gasteiger charge is -2.12. The van der Waals surface area contributed by atoms with Crippen molar-refractivity contribution in [1.82, 2.24) is 9.55 Å². The summed E-state index contributed by atoms with van der Waals surface area (Å²) >= 11 is 0. The van der Waals surface area contributed by atoms with E-state index >= 15 is 0 Å². The van der Waals surface area contributed by atoms with Crippen LogP contribution in [0.3, 0.4) is 0 Å². The van der Waals surface area contributed by atoms with Gasteiger partial charge in [-0.25, -0.2) is 4.98 Å². The number of aryl methyl sites for hydroxylation is 1. The number of rotatable bonds is 5. The fourth-order valence-electron chi connectivity index (χ4n) is 1.87. The SMILES string of the molecule is CC(CCc1ccccc1)n1cnc(CO)c1. The predicted molar refractivity (Wildman–Crippen MR) is 67.6 cm³/mol. The molecule has 90 valence electrons. The maximum Gasteiger partial charge on any atom is 0.0952 e. The van der Waals surface area contributed by atoms with Gasteiger partial charge in [-0.15, -0.1) is 0 Å². The third kappa shape index (κ3) is 3.17. The lowest BCUT2D eigenvalue weighted by atomic mass is 10.1. The van der Waals surface area contributed by atoms with Crippen LogP contribution >= 0.6 is 0 Å². The van der Waals surface area contributed by atoms with E-state index in [2.05, 4.69) is 40.7 Å². The quantitative estimate of drug-likeness (QED) is 0.857. The van der Waals surface area contributed by atoms with Crippen molar-refractivity contribution in [1.29, 1.82) is 0 Å². The number of hydrogen-bond acceptors (Lipinski definition) is 2. The normalized spacial score (nSPS) is 12.6. The molecule has 0 saturated heterocycles. The number of imidazole rings is 1. The maximum absolute atomic E-state index is 8.96. The average molecular weight is 230 g/mol. The number of aliphatic hydroxyl groups excluding tert-OH is 1. The van der Waals surface area contributed by atoms with Gasteiger partial charge in [0.05, 0.1) is 18.6 Å². The van der Waals surface area contributed by atoms with Crippen LogP contribution in [0, 0.1) is 0 Å². The van der Waals surface area contributed by atoms with E-state index in [1.165, 1.54) is 5.56 Å². The summed E-state index contributed by atoms with van der Waals surface area (Å²) in [6.07, 6.45) is 5.84. The molecule has 0 aliphatic rings. The Morgan fingerprint density at radius 2 is 2.06 bits per heavy atom. The molecule has 2 rings (SSSR count). The Kier molecular flexibility index (Phi) is 3.94. The van der Waals surface area contributed by atoms with Crippen LogP contribution in [0.5, 0.6) is 0 Å². The fourth-order valence-corrected chi connectivity index (χ4v) is 1.87. The van der Waals surface area contributed by atoms with Gasteiger partial charge in [-0.05, 0) is 25.3 Å². The van der Waals surface area contributed by atoms with Crippen molar-refractivity contribution in [2.75, 3.05) is 0 Å². The molecule has 1 aromatic carbocycles. The number of benzene rings is 1. The Morgan fingerprint density at radius 3 is 2.71 bits per heavy atom. The van der Waals surface area contributed by atoms with Crippen molar-refractivity contribution in [3.05, 3.63) is 54.1 Å². The molecule has 1 heterocycles. The zero-order valence-corrected chi connectivity index (χ0v) is 10.1. The summed E-state index contributed by atoms with van der Waals surface area (Å²) in [5, 5.41) is 8.96. The lowest BCUT2D eigenvalue weighted by Crippen LogP contribution is -2.04. The average Bonchev–Trinajstić information content (AvgIpc) is 2.86. The molecule has 0 saturated carbocycles. The highest BCUT2D eigenvalue weighted by Gasteiger charge is 2.06. The first kappa shape index (κ1) is 11.9. The largest absolute Gasteiger partial charge is 0.390 e. The molecule has 0 spiro atoms. The van der Waals surface area contributed by atoms with E-state index in [4.69, 9.17) is 5.11 Å². The van der Waals surface area contributed by atoms with Gasteiger partial charge in [0.1, 0.15) is 0 Å². The molecule has 0 radical (unpaired) electrons. The summed E-state index contributed by atoms with van der Waals surface area (Å²) in [5.74, 6) is 0. The third-order valence-electron chi connectivity index (χ3n) is 3.02. The molecular formula is C14H18N2O. The van der Waals surface area contributed by atoms with Gasteiger partial charge in [0.15, 0.2) is 0 Å². The Morgan fingerprint density at radius 1 is 1.29 bits per heavy atom. The Hall–Kier alpha value is -1.61. The van der Waals surface area contributed by atoms with Crippen LogP contribution in [0.15, 0.2) is 42.9 Å². The first-order chi connectivity index (χ1) is 8.29. The van der Waals surface area contributed by atoms with Crippen molar-refractivity contribution in [2.24, 2.45) is 0 Å². The number of hydrogen-bond donors (Lipinski definition) is 1. The molecule has 0 aliphatic carbocycles. The second kappa shape index (κ2) is 5.64. The minimum Gasteiger partial charge on any atom is -0.390 e. The summed E-state index contributed by atoms with van der Waals surface area (Å²) in [7, 11) is 0. The highest BCUT2D eigenvalue weighted by atomic mass is 16.3. The van der Waals surface area contributed by atoms with Gasteiger partial charge in [-0.1, -0.05) is 30.3 Å². The summed E-state index contributed by atoms with van der Waals surface area (Å²) in [4.78, 5) is 4.12. The van der Waals surface area contributed by atoms with Gasteiger partial charge < -0.3 is 9.67 Å². The van der Waals surface area contributed by atoms with E-state index in [1.807, 2.05) is 12.3 Å². The molecule has 0 fully saturated rings. The van der Waals surface area contributed by atoms with E-state index in [-0.39, 0.29) is 6.61 Å². The van der Waals surface area contributed by atoms with Crippen molar-refractivity contribution >= 4 is 0 Å². The summed E-state index contributed by atoms with van der Waals surface area (Å²) in [6.45, 7) is 2.18. The Bertz CT molecular complexity index is 450. The minimum absolute atomic E-state index is 0.0123. The van der Waals surface area contributed by atoms with Crippen molar-refractivity contribution in [3.63, 3.8) is 0 Å². The Labute approximate surface area is 102 Å². The molecule has 0 amide bonds. The minimum atomic E-state index is 0.0123. The Balaban J connectivity index is 1.91. The van der Waals surface area contributed by atoms with Crippen molar-refractivity contribution < 1.29 is 5.11 Å². The van der Waals surface area contributed by atoms with Gasteiger partial charge >= 0.3 is 0 Å². The predicted octanol–water partition coefficient (Wildman–Crippen LogP) is 2.57. The van der Waals surface area contributed by atoms with Gasteiger partial charge in [0.2, 0.25) is 0 Å². The summed E-state index contributed by atoms with van der Waals surface area (Å²) in [6, 6.07) is 10.9. The standard InChI is InChI=1S/C14H18N2O/c1-12(16-9-14(10-17)15-11-16)7-8-13-5-3-2-4-6-13/h2-6,9,11-12,17H,7-8,10H2,1H3. The fraction of sp³-hybridized carbons (Fsp3) is 0.357. The van der Waals surface area contributed by atoms with E-state index in [0.29, 0.717) is 6.04 Å². The molecular weight excluding hydrogens is 212 g/mol. The van der Waals surface area contributed by atoms with Gasteiger partial charge in [-0.3, -0.25) is 0 Å². The second-order valence-electron chi connectivity index (χ2n) is 4.34. The van der Waals surface area contributed by atoms with Crippen LogP contribution in [0.2, 0.25) is 0 Å². The zero-order valence-electron chi connectivity index (χ0n) is 10.1. The second-order valence-corrected chi connectivity index (χ2v) is 4.34. The lowest BCUT2D eigenvalue weighted by molar-refractivity contribution is 0.277. The van der Waals surface area contributed by atoms with Crippen LogP contribution in [-0.4, -0.2) is 14.7 Å². The first-order valence-corrected chi connectivity index (χ1v) is 5.96. The van der Waals surface area contributed by atoms with Gasteiger partial charge in [-0.2, -0.15) is 0 Å². The highest BCUT2D eigenvalue weighted by molar-refractivity contribution is 5.14. The van der Waals surface area contributed by atoms with Crippen LogP contribution in [0.4, 0.5) is 0 Å². The van der Waals surface area contributed by atoms with Crippen molar-refractivity contribution in [2.45, 2.75) is 32.4 Å². The van der Waals surface area contributed by atoms with E-state index in [9.17, 15) is 0 Å². The van der Waals surface area contributed by atoms with E-state index < -0.39 is 0 Å². The van der Waals surface area contributed by atoms with Crippen LogP contribution in [0.1, 0.15) is 30.6 Å². The smallest absolute Gasteiger partial charge is 0.0952 e. The molecule has 1 N–H and O–H groups in total. The van der Waals surface area contributed by atoms with Crippen LogP contribution in [0.25, 0.3) is 0 Å². The molecule has 17 heavy (non-hydrogen) atoms. The topological polar surface area (TPSA) is 38.0 Å². The van der Waals surface area contributed by atoms with Crippen LogP contribution < -0.4 is 0 Å². The molecule has 0 aliphatic heterocycles. The molecule has 0 bridgehead atoms. The molecule has 3 nitrogen and oxygen atoms in total. The number of aromatic nitrogens is 2. The monoisotopic (exact) mass is 230 g/mol. The van der Waals surface area contributed by atoms with Crippen LogP contribution in [-0.2, 0) is 13.0 Å². The molecule has 1 unspecified atom stereocenters. The van der Waals surface area contributed by atoms with Gasteiger partial charge in [0.25, 0.3) is 0 Å². The number of nitrogens with zero attached hydrogens (tertiary/aromatic N) is 2. The van der Waals surface area contributed by atoms with Crippen molar-refractivity contribution in [3.8, 4) is 0 Å². The highest BCUT2D eigenvalue weighted by Crippen LogP contribution is 2.15. The number of aliphatic hydroxyl groups is 1. The van der Waals surface area contributed by atoms with E-state index in [0.717, 1.165) is 18.5 Å². The molecule has 2 aromatic rings.